The minimum Gasteiger partial charge on any atom is -0.326 e. The molecule has 2 aromatic rings. The topological polar surface area (TPSA) is 72.2 Å². The zero-order valence-corrected chi connectivity index (χ0v) is 14.4. The van der Waals surface area contributed by atoms with Gasteiger partial charge in [0, 0.05) is 11.0 Å². The summed E-state index contributed by atoms with van der Waals surface area (Å²) in [6, 6.07) is 10.0. The Hall–Kier alpha value is -1.08. The van der Waals surface area contributed by atoms with Crippen molar-refractivity contribution in [2.75, 3.05) is 4.72 Å². The molecular weight excluding hydrogens is 376 g/mol. The van der Waals surface area contributed by atoms with Gasteiger partial charge in [0.1, 0.15) is 4.90 Å². The van der Waals surface area contributed by atoms with E-state index in [0.29, 0.717) is 11.3 Å². The predicted molar refractivity (Wildman–Crippen MR) is 89.0 cm³/mol. The van der Waals surface area contributed by atoms with Gasteiger partial charge in [-0.15, -0.1) is 0 Å². The fourth-order valence-corrected chi connectivity index (χ4v) is 3.84. The Balaban J connectivity index is 2.46. The van der Waals surface area contributed by atoms with Gasteiger partial charge in [-0.2, -0.15) is 0 Å². The first-order valence-electron chi connectivity index (χ1n) is 6.11. The van der Waals surface area contributed by atoms with Crippen LogP contribution in [-0.4, -0.2) is 8.42 Å². The quantitative estimate of drug-likeness (QED) is 0.838. The second-order valence-electron chi connectivity index (χ2n) is 4.49. The number of anilines is 1. The van der Waals surface area contributed by atoms with Crippen LogP contribution < -0.4 is 10.5 Å². The minimum atomic E-state index is -3.77. The summed E-state index contributed by atoms with van der Waals surface area (Å²) < 4.78 is 28.4. The van der Waals surface area contributed by atoms with Crippen molar-refractivity contribution in [1.29, 1.82) is 0 Å². The van der Waals surface area contributed by atoms with Crippen molar-refractivity contribution in [2.45, 2.75) is 18.4 Å². The molecule has 0 bridgehead atoms. The fourth-order valence-electron chi connectivity index (χ4n) is 1.80. The summed E-state index contributed by atoms with van der Waals surface area (Å²) in [6.45, 7) is 2.06. The van der Waals surface area contributed by atoms with E-state index >= 15 is 0 Å². The van der Waals surface area contributed by atoms with Gasteiger partial charge in [-0.3, -0.25) is 4.72 Å². The van der Waals surface area contributed by atoms with Crippen molar-refractivity contribution in [3.8, 4) is 0 Å². The molecule has 0 saturated heterocycles. The number of hydrogen-bond donors (Lipinski definition) is 2. The van der Waals surface area contributed by atoms with Gasteiger partial charge in [0.15, 0.2) is 0 Å². The molecule has 0 saturated carbocycles. The highest BCUT2D eigenvalue weighted by molar-refractivity contribution is 9.10. The van der Waals surface area contributed by atoms with Crippen LogP contribution >= 0.6 is 27.5 Å². The molecule has 0 aliphatic heterocycles. The average Bonchev–Trinajstić information content (AvgIpc) is 2.44. The van der Waals surface area contributed by atoms with Crippen molar-refractivity contribution in [3.05, 3.63) is 57.0 Å². The molecule has 0 fully saturated rings. The van der Waals surface area contributed by atoms with Gasteiger partial charge in [-0.05, 0) is 42.3 Å². The predicted octanol–water partition coefficient (Wildman–Crippen LogP) is 3.67. The van der Waals surface area contributed by atoms with Gasteiger partial charge in [0.25, 0.3) is 10.0 Å². The molecule has 112 valence electrons. The van der Waals surface area contributed by atoms with Crippen LogP contribution in [0, 0.1) is 6.92 Å². The van der Waals surface area contributed by atoms with E-state index in [1.54, 1.807) is 18.2 Å². The smallest absolute Gasteiger partial charge is 0.263 e. The largest absolute Gasteiger partial charge is 0.326 e. The van der Waals surface area contributed by atoms with E-state index in [4.69, 9.17) is 17.3 Å². The van der Waals surface area contributed by atoms with Crippen molar-refractivity contribution in [2.24, 2.45) is 5.73 Å². The number of nitrogens with one attached hydrogen (secondary N) is 1. The number of benzene rings is 2. The number of rotatable bonds is 4. The van der Waals surface area contributed by atoms with E-state index in [0.717, 1.165) is 10.0 Å². The van der Waals surface area contributed by atoms with Crippen molar-refractivity contribution in [3.63, 3.8) is 0 Å². The number of hydrogen-bond acceptors (Lipinski definition) is 3. The summed E-state index contributed by atoms with van der Waals surface area (Å²) in [5, 5.41) is 0.160. The van der Waals surface area contributed by atoms with Crippen molar-refractivity contribution in [1.82, 2.24) is 0 Å². The molecule has 0 radical (unpaired) electrons. The molecule has 0 atom stereocenters. The molecule has 21 heavy (non-hydrogen) atoms. The summed E-state index contributed by atoms with van der Waals surface area (Å²) in [4.78, 5) is 0.0199. The second-order valence-corrected chi connectivity index (χ2v) is 7.40. The summed E-state index contributed by atoms with van der Waals surface area (Å²) in [5.74, 6) is 0. The highest BCUT2D eigenvalue weighted by Crippen LogP contribution is 2.28. The van der Waals surface area contributed by atoms with E-state index in [-0.39, 0.29) is 16.5 Å². The van der Waals surface area contributed by atoms with E-state index in [9.17, 15) is 8.42 Å². The molecule has 0 aliphatic carbocycles. The average molecular weight is 390 g/mol. The molecule has 0 heterocycles. The molecule has 0 amide bonds. The van der Waals surface area contributed by atoms with Gasteiger partial charge in [-0.1, -0.05) is 39.7 Å². The first-order chi connectivity index (χ1) is 9.85. The Kier molecular flexibility index (Phi) is 4.93. The number of sulfonamides is 1. The summed E-state index contributed by atoms with van der Waals surface area (Å²) in [7, 11) is -3.77. The summed E-state index contributed by atoms with van der Waals surface area (Å²) in [5.41, 5.74) is 7.54. The maximum absolute atomic E-state index is 12.5. The summed E-state index contributed by atoms with van der Waals surface area (Å²) in [6.07, 6.45) is 0. The zero-order chi connectivity index (χ0) is 15.6. The van der Waals surface area contributed by atoms with Crippen LogP contribution in [0.3, 0.4) is 0 Å². The normalized spacial score (nSPS) is 11.4. The lowest BCUT2D eigenvalue weighted by Crippen LogP contribution is -2.15. The number of halogens is 2. The van der Waals surface area contributed by atoms with Crippen LogP contribution in [0.2, 0.25) is 5.02 Å². The van der Waals surface area contributed by atoms with E-state index in [2.05, 4.69) is 20.7 Å². The molecule has 0 aromatic heterocycles. The Morgan fingerprint density at radius 2 is 2.00 bits per heavy atom. The molecular formula is C14H14BrClN2O2S. The lowest BCUT2D eigenvalue weighted by molar-refractivity contribution is 0.601. The van der Waals surface area contributed by atoms with Gasteiger partial charge in [0.05, 0.1) is 10.7 Å². The first-order valence-corrected chi connectivity index (χ1v) is 8.77. The van der Waals surface area contributed by atoms with Crippen LogP contribution in [0.5, 0.6) is 0 Å². The molecule has 2 rings (SSSR count). The molecule has 3 N–H and O–H groups in total. The third kappa shape index (κ3) is 3.58. The zero-order valence-electron chi connectivity index (χ0n) is 11.2. The first kappa shape index (κ1) is 16.3. The monoisotopic (exact) mass is 388 g/mol. The molecule has 0 unspecified atom stereocenters. The lowest BCUT2D eigenvalue weighted by atomic mass is 10.2. The van der Waals surface area contributed by atoms with E-state index in [1.807, 2.05) is 13.0 Å². The fraction of sp³-hybridized carbons (Fsp3) is 0.143. The van der Waals surface area contributed by atoms with Gasteiger partial charge < -0.3 is 5.73 Å². The third-order valence-electron chi connectivity index (χ3n) is 3.03. The third-order valence-corrected chi connectivity index (χ3v) is 5.74. The van der Waals surface area contributed by atoms with Crippen LogP contribution in [0.15, 0.2) is 45.8 Å². The van der Waals surface area contributed by atoms with Gasteiger partial charge >= 0.3 is 0 Å². The van der Waals surface area contributed by atoms with Crippen LogP contribution in [0.25, 0.3) is 0 Å². The number of nitrogens with two attached hydrogens (primary N) is 1. The Morgan fingerprint density at radius 1 is 1.29 bits per heavy atom. The van der Waals surface area contributed by atoms with Crippen LogP contribution in [0.1, 0.15) is 11.1 Å². The second kappa shape index (κ2) is 6.36. The molecule has 4 nitrogen and oxygen atoms in total. The molecule has 0 aliphatic rings. The molecule has 0 spiro atoms. The summed E-state index contributed by atoms with van der Waals surface area (Å²) >= 11 is 9.38. The van der Waals surface area contributed by atoms with Gasteiger partial charge in [-0.25, -0.2) is 8.42 Å². The minimum absolute atomic E-state index is 0.0199. The van der Waals surface area contributed by atoms with Gasteiger partial charge in [0.2, 0.25) is 0 Å². The van der Waals surface area contributed by atoms with E-state index < -0.39 is 10.0 Å². The highest BCUT2D eigenvalue weighted by Gasteiger charge is 2.19. The standard InChI is InChI=1S/C14H14BrClN2O2S/c1-9-11(15)3-2-4-13(9)18-21(19,20)14-7-10(8-17)5-6-12(14)16/h2-7,18H,8,17H2,1H3. The van der Waals surface area contributed by atoms with Crippen LogP contribution in [0.4, 0.5) is 5.69 Å². The molecule has 7 heteroatoms. The van der Waals surface area contributed by atoms with E-state index in [1.165, 1.54) is 12.1 Å². The molecule has 2 aromatic carbocycles. The van der Waals surface area contributed by atoms with Crippen molar-refractivity contribution >= 4 is 43.2 Å². The van der Waals surface area contributed by atoms with Crippen molar-refractivity contribution < 1.29 is 8.42 Å². The Labute approximate surface area is 137 Å². The maximum atomic E-state index is 12.5. The Morgan fingerprint density at radius 3 is 2.67 bits per heavy atom. The maximum Gasteiger partial charge on any atom is 0.263 e. The SMILES string of the molecule is Cc1c(Br)cccc1NS(=O)(=O)c1cc(CN)ccc1Cl. The van der Waals surface area contributed by atoms with Crippen LogP contribution in [-0.2, 0) is 16.6 Å². The Bertz CT molecular complexity index is 779. The highest BCUT2D eigenvalue weighted by atomic mass is 79.9. The lowest BCUT2D eigenvalue weighted by Gasteiger charge is -2.13.